The zero-order valence-electron chi connectivity index (χ0n) is 15.8. The molecule has 1 saturated carbocycles. The van der Waals surface area contributed by atoms with Crippen LogP contribution in [0.1, 0.15) is 11.1 Å². The van der Waals surface area contributed by atoms with Gasteiger partial charge in [-0.05, 0) is 38.1 Å². The van der Waals surface area contributed by atoms with Gasteiger partial charge in [0.25, 0.3) is 0 Å². The molecule has 2 unspecified atom stereocenters. The Morgan fingerprint density at radius 2 is 0.966 bits per heavy atom. The smallest absolute Gasteiger partial charge is 0.243 e. The molecule has 0 radical (unpaired) electrons. The maximum Gasteiger partial charge on any atom is 0.243 e. The van der Waals surface area contributed by atoms with Gasteiger partial charge < -0.3 is 4.74 Å². The van der Waals surface area contributed by atoms with Gasteiger partial charge in [0.1, 0.15) is 12.2 Å². The fourth-order valence-corrected chi connectivity index (χ4v) is 8.48. The molecule has 7 nitrogen and oxygen atoms in total. The molecule has 9 heteroatoms. The van der Waals surface area contributed by atoms with Gasteiger partial charge in [0.05, 0.1) is 34.0 Å². The van der Waals surface area contributed by atoms with Crippen molar-refractivity contribution in [2.75, 3.05) is 0 Å². The van der Waals surface area contributed by atoms with E-state index in [2.05, 4.69) is 0 Å². The van der Waals surface area contributed by atoms with E-state index < -0.39 is 20.0 Å². The van der Waals surface area contributed by atoms with E-state index in [1.807, 2.05) is 13.8 Å². The predicted octanol–water partition coefficient (Wildman–Crippen LogP) is 1.27. The van der Waals surface area contributed by atoms with Gasteiger partial charge in [-0.25, -0.2) is 16.8 Å². The topological polar surface area (TPSA) is 86.8 Å². The first-order chi connectivity index (χ1) is 13.7. The molecule has 1 aliphatic carbocycles. The fourth-order valence-electron chi connectivity index (χ4n) is 4.87. The monoisotopic (exact) mass is 432 g/mol. The third kappa shape index (κ3) is 2.39. The molecule has 6 rings (SSSR count). The summed E-state index contributed by atoms with van der Waals surface area (Å²) >= 11 is 0. The molecular formula is C20H20N2O5S2. The van der Waals surface area contributed by atoms with Crippen molar-refractivity contribution in [3.05, 3.63) is 59.7 Å². The number of ether oxygens (including phenoxy) is 1. The second-order valence-electron chi connectivity index (χ2n) is 8.32. The highest BCUT2D eigenvalue weighted by atomic mass is 32.2. The molecule has 29 heavy (non-hydrogen) atoms. The summed E-state index contributed by atoms with van der Waals surface area (Å²) in [5.74, 6) is 0. The first-order valence-corrected chi connectivity index (χ1v) is 12.5. The molecule has 2 aromatic carbocycles. The summed E-state index contributed by atoms with van der Waals surface area (Å²) in [6.07, 6.45) is -0.417. The molecule has 8 atom stereocenters. The van der Waals surface area contributed by atoms with Crippen molar-refractivity contribution in [3.63, 3.8) is 0 Å². The molecular weight excluding hydrogens is 412 g/mol. The Balaban J connectivity index is 1.33. The van der Waals surface area contributed by atoms with Crippen LogP contribution in [-0.2, 0) is 24.8 Å². The third-order valence-electron chi connectivity index (χ3n) is 6.47. The van der Waals surface area contributed by atoms with E-state index in [0.717, 1.165) is 11.1 Å². The lowest BCUT2D eigenvalue weighted by atomic mass is 10.0. The average Bonchev–Trinajstić information content (AvgIpc) is 3.52. The van der Waals surface area contributed by atoms with Crippen LogP contribution >= 0.6 is 0 Å². The van der Waals surface area contributed by atoms with Crippen molar-refractivity contribution in [3.8, 4) is 0 Å². The molecule has 3 heterocycles. The molecule has 152 valence electrons. The molecule has 0 bridgehead atoms. The van der Waals surface area contributed by atoms with E-state index in [4.69, 9.17) is 4.74 Å². The van der Waals surface area contributed by atoms with Gasteiger partial charge in [0, 0.05) is 0 Å². The maximum atomic E-state index is 13.2. The minimum absolute atomic E-state index is 0.209. The van der Waals surface area contributed by atoms with Crippen LogP contribution in [0.2, 0.25) is 0 Å². The molecule has 0 amide bonds. The Kier molecular flexibility index (Phi) is 3.40. The number of sulfonamides is 2. The lowest BCUT2D eigenvalue weighted by Gasteiger charge is -2.08. The molecule has 0 spiro atoms. The highest BCUT2D eigenvalue weighted by molar-refractivity contribution is 7.90. The third-order valence-corrected chi connectivity index (χ3v) is 10.3. The van der Waals surface area contributed by atoms with Crippen molar-refractivity contribution in [2.24, 2.45) is 0 Å². The van der Waals surface area contributed by atoms with E-state index in [-0.39, 0.29) is 46.2 Å². The summed E-state index contributed by atoms with van der Waals surface area (Å²) < 4.78 is 61.3. The molecule has 3 saturated heterocycles. The van der Waals surface area contributed by atoms with Crippen molar-refractivity contribution in [1.29, 1.82) is 0 Å². The van der Waals surface area contributed by atoms with Crippen LogP contribution in [0.15, 0.2) is 58.3 Å². The molecule has 0 N–H and O–H groups in total. The summed E-state index contributed by atoms with van der Waals surface area (Å²) in [6.45, 7) is 3.80. The van der Waals surface area contributed by atoms with E-state index in [0.29, 0.717) is 0 Å². The summed E-state index contributed by atoms with van der Waals surface area (Å²) in [6, 6.07) is 12.2. The van der Waals surface area contributed by atoms with E-state index >= 15 is 0 Å². The summed E-state index contributed by atoms with van der Waals surface area (Å²) in [5.41, 5.74) is 1.96. The lowest BCUT2D eigenvalue weighted by molar-refractivity contribution is 0.354. The molecule has 4 aliphatic rings. The number of epoxide rings is 1. The summed E-state index contributed by atoms with van der Waals surface area (Å²) in [7, 11) is -7.37. The molecule has 3 aliphatic heterocycles. The Morgan fingerprint density at radius 3 is 1.31 bits per heavy atom. The van der Waals surface area contributed by atoms with Gasteiger partial charge in [-0.15, -0.1) is 0 Å². The predicted molar refractivity (Wildman–Crippen MR) is 104 cm³/mol. The molecule has 0 aromatic heterocycles. The summed E-state index contributed by atoms with van der Waals surface area (Å²) in [5, 5.41) is 0. The van der Waals surface area contributed by atoms with E-state index in [1.165, 1.54) is 8.61 Å². The minimum Gasteiger partial charge on any atom is -0.366 e. The number of fused-ring (bicyclic) bond motifs is 6. The summed E-state index contributed by atoms with van der Waals surface area (Å²) in [4.78, 5) is 0.472. The van der Waals surface area contributed by atoms with Crippen molar-refractivity contribution in [1.82, 2.24) is 8.61 Å². The van der Waals surface area contributed by atoms with Gasteiger partial charge >= 0.3 is 0 Å². The SMILES string of the molecule is Cc1ccc(S(=O)(=O)N2[C@H]3[C@@H]4[C@H]([C@H]5O[C@H]5[C@H]32)N4S(=O)(=O)c2ccc(C)cc2)cc1. The van der Waals surface area contributed by atoms with Crippen LogP contribution in [0.25, 0.3) is 0 Å². The fraction of sp³-hybridized carbons (Fsp3) is 0.400. The number of rotatable bonds is 4. The zero-order chi connectivity index (χ0) is 20.3. The largest absolute Gasteiger partial charge is 0.366 e. The average molecular weight is 433 g/mol. The Labute approximate surface area is 170 Å². The van der Waals surface area contributed by atoms with Crippen molar-refractivity contribution < 1.29 is 21.6 Å². The quantitative estimate of drug-likeness (QED) is 0.679. The normalized spacial score (nSPS) is 39.1. The first kappa shape index (κ1) is 18.0. The van der Waals surface area contributed by atoms with Crippen molar-refractivity contribution >= 4 is 20.0 Å². The number of aryl methyl sites for hydroxylation is 2. The Bertz CT molecular complexity index is 1130. The Morgan fingerprint density at radius 1 is 0.621 bits per heavy atom. The van der Waals surface area contributed by atoms with Crippen LogP contribution < -0.4 is 0 Å². The first-order valence-electron chi connectivity index (χ1n) is 9.59. The van der Waals surface area contributed by atoms with Crippen LogP contribution in [0.5, 0.6) is 0 Å². The number of benzene rings is 2. The number of hydrogen-bond donors (Lipinski definition) is 0. The lowest BCUT2D eigenvalue weighted by Crippen LogP contribution is -2.22. The van der Waals surface area contributed by atoms with Crippen LogP contribution in [-0.4, -0.2) is 61.8 Å². The highest BCUT2D eigenvalue weighted by Gasteiger charge is 2.84. The maximum absolute atomic E-state index is 13.2. The molecule has 2 aromatic rings. The van der Waals surface area contributed by atoms with Gasteiger partial charge in [-0.2, -0.15) is 8.61 Å². The van der Waals surface area contributed by atoms with Gasteiger partial charge in [0.2, 0.25) is 20.0 Å². The number of nitrogens with zero attached hydrogens (tertiary/aromatic N) is 2. The van der Waals surface area contributed by atoms with Crippen molar-refractivity contribution in [2.45, 2.75) is 60.0 Å². The van der Waals surface area contributed by atoms with Crippen LogP contribution in [0.4, 0.5) is 0 Å². The van der Waals surface area contributed by atoms with Crippen LogP contribution in [0.3, 0.4) is 0 Å². The zero-order valence-corrected chi connectivity index (χ0v) is 17.5. The van der Waals surface area contributed by atoms with E-state index in [1.54, 1.807) is 48.5 Å². The van der Waals surface area contributed by atoms with Gasteiger partial charge in [-0.1, -0.05) is 35.4 Å². The van der Waals surface area contributed by atoms with Crippen LogP contribution in [0, 0.1) is 13.8 Å². The second kappa shape index (κ2) is 5.47. The standard InChI is InChI=1S/C20H20N2O5S2/c1-11-3-7-13(8-4-11)28(23,24)21-15-16-18(20-19(27-20)17(15)21)22(16)29(25,26)14-9-5-12(2)6-10-14/h3-10,15-20H,1-2H3/t15-,16+,17-,18+,19-,20+,21?,22?. The minimum atomic E-state index is -3.68. The molecule has 4 fully saturated rings. The number of hydrogen-bond acceptors (Lipinski definition) is 5. The second-order valence-corrected chi connectivity index (χ2v) is 12.0. The van der Waals surface area contributed by atoms with E-state index in [9.17, 15) is 16.8 Å². The highest BCUT2D eigenvalue weighted by Crippen LogP contribution is 2.62. The van der Waals surface area contributed by atoms with Gasteiger partial charge in [-0.3, -0.25) is 0 Å². The van der Waals surface area contributed by atoms with Gasteiger partial charge in [0.15, 0.2) is 0 Å². The Hall–Kier alpha value is -1.78.